The Balaban J connectivity index is 1.76. The second kappa shape index (κ2) is 10.1. The largest absolute Gasteiger partial charge is 0.508 e. The molecule has 26 heavy (non-hydrogen) atoms. The van der Waals surface area contributed by atoms with Gasteiger partial charge in [-0.15, -0.1) is 0 Å². The molecule has 0 unspecified atom stereocenters. The summed E-state index contributed by atoms with van der Waals surface area (Å²) in [7, 11) is 0. The van der Waals surface area contributed by atoms with Crippen molar-refractivity contribution < 1.29 is 24.2 Å². The minimum atomic E-state index is -0.580. The molecule has 6 nitrogen and oxygen atoms in total. The van der Waals surface area contributed by atoms with Crippen LogP contribution >= 0.6 is 0 Å². The fraction of sp³-hybridized carbons (Fsp3) is 0.300. The number of nitrogens with one attached hydrogen (secondary N) is 1. The first-order valence-corrected chi connectivity index (χ1v) is 8.57. The van der Waals surface area contributed by atoms with Crippen molar-refractivity contribution in [2.45, 2.75) is 26.2 Å². The maximum absolute atomic E-state index is 12.0. The molecule has 138 valence electrons. The van der Waals surface area contributed by atoms with E-state index in [2.05, 4.69) is 12.2 Å². The smallest absolute Gasteiger partial charge is 0.338 e. The van der Waals surface area contributed by atoms with E-state index in [0.717, 1.165) is 19.3 Å². The lowest BCUT2D eigenvalue weighted by Crippen LogP contribution is -2.20. The normalized spacial score (nSPS) is 10.2. The maximum atomic E-state index is 12.0. The topological polar surface area (TPSA) is 84.9 Å². The Bertz CT molecular complexity index is 710. The van der Waals surface area contributed by atoms with E-state index in [0.29, 0.717) is 23.6 Å². The molecule has 0 saturated heterocycles. The molecule has 0 spiro atoms. The molecule has 0 saturated carbocycles. The quantitative estimate of drug-likeness (QED) is 0.405. The van der Waals surface area contributed by atoms with E-state index in [-0.39, 0.29) is 5.75 Å². The molecule has 0 atom stereocenters. The summed E-state index contributed by atoms with van der Waals surface area (Å²) < 4.78 is 10.6. The zero-order valence-corrected chi connectivity index (χ0v) is 14.7. The molecule has 0 bridgehead atoms. The monoisotopic (exact) mass is 357 g/mol. The van der Waals surface area contributed by atoms with Gasteiger partial charge in [-0.2, -0.15) is 0 Å². The third-order valence-corrected chi connectivity index (χ3v) is 3.59. The molecule has 2 aromatic carbocycles. The number of phenolic OH excluding ortho intramolecular Hbond substituents is 1. The fourth-order valence-corrected chi connectivity index (χ4v) is 2.19. The van der Waals surface area contributed by atoms with Gasteiger partial charge in [-0.25, -0.2) is 4.79 Å². The summed E-state index contributed by atoms with van der Waals surface area (Å²) in [5.41, 5.74) is 0.858. The van der Waals surface area contributed by atoms with Crippen LogP contribution in [0.25, 0.3) is 0 Å². The first-order valence-electron chi connectivity index (χ1n) is 8.57. The van der Waals surface area contributed by atoms with Crippen molar-refractivity contribution in [2.75, 3.05) is 18.5 Å². The van der Waals surface area contributed by atoms with E-state index < -0.39 is 18.5 Å². The first-order chi connectivity index (χ1) is 12.6. The number of anilines is 1. The van der Waals surface area contributed by atoms with Crippen molar-refractivity contribution in [1.29, 1.82) is 0 Å². The number of hydrogen-bond donors (Lipinski definition) is 2. The molecule has 0 aliphatic carbocycles. The standard InChI is InChI=1S/C20H23NO5/c1-2-3-4-13-25-18-11-5-15(6-12-18)20(24)26-14-19(23)21-16-7-9-17(22)10-8-16/h5-12,22H,2-4,13-14H2,1H3,(H,21,23). The van der Waals surface area contributed by atoms with Crippen molar-refractivity contribution in [3.05, 3.63) is 54.1 Å². The highest BCUT2D eigenvalue weighted by atomic mass is 16.5. The number of rotatable bonds is 9. The second-order valence-corrected chi connectivity index (χ2v) is 5.75. The van der Waals surface area contributed by atoms with Gasteiger partial charge in [0.25, 0.3) is 5.91 Å². The van der Waals surface area contributed by atoms with Crippen molar-refractivity contribution >= 4 is 17.6 Å². The third-order valence-electron chi connectivity index (χ3n) is 3.59. The minimum Gasteiger partial charge on any atom is -0.508 e. The molecule has 2 N–H and O–H groups in total. The SMILES string of the molecule is CCCCCOc1ccc(C(=O)OCC(=O)Nc2ccc(O)cc2)cc1. The number of ether oxygens (including phenoxy) is 2. The molecule has 0 aliphatic rings. The second-order valence-electron chi connectivity index (χ2n) is 5.75. The van der Waals surface area contributed by atoms with Crippen LogP contribution in [0.5, 0.6) is 11.5 Å². The Morgan fingerprint density at radius 1 is 1.00 bits per heavy atom. The van der Waals surface area contributed by atoms with Gasteiger partial charge in [0.2, 0.25) is 0 Å². The lowest BCUT2D eigenvalue weighted by molar-refractivity contribution is -0.119. The molecular formula is C20H23NO5. The molecule has 2 aromatic rings. The molecule has 0 heterocycles. The van der Waals surface area contributed by atoms with Crippen LogP contribution < -0.4 is 10.1 Å². The highest BCUT2D eigenvalue weighted by Crippen LogP contribution is 2.15. The number of carbonyl (C=O) groups excluding carboxylic acids is 2. The van der Waals surface area contributed by atoms with Gasteiger partial charge in [0.15, 0.2) is 6.61 Å². The number of hydrogen-bond acceptors (Lipinski definition) is 5. The Labute approximate surface area is 152 Å². The number of amides is 1. The molecule has 1 amide bonds. The van der Waals surface area contributed by atoms with Crippen molar-refractivity contribution in [1.82, 2.24) is 0 Å². The molecule has 0 radical (unpaired) electrons. The van der Waals surface area contributed by atoms with E-state index in [4.69, 9.17) is 9.47 Å². The number of phenols is 1. The number of aromatic hydroxyl groups is 1. The highest BCUT2D eigenvalue weighted by molar-refractivity contribution is 5.95. The molecular weight excluding hydrogens is 334 g/mol. The minimum absolute atomic E-state index is 0.104. The Morgan fingerprint density at radius 3 is 2.35 bits per heavy atom. The van der Waals surface area contributed by atoms with E-state index in [9.17, 15) is 14.7 Å². The zero-order valence-electron chi connectivity index (χ0n) is 14.7. The molecule has 0 aromatic heterocycles. The average Bonchev–Trinajstić information content (AvgIpc) is 2.66. The fourth-order valence-electron chi connectivity index (χ4n) is 2.19. The van der Waals surface area contributed by atoms with Gasteiger partial charge in [0.05, 0.1) is 12.2 Å². The number of benzene rings is 2. The summed E-state index contributed by atoms with van der Waals surface area (Å²) >= 11 is 0. The summed E-state index contributed by atoms with van der Waals surface area (Å²) in [6.07, 6.45) is 3.25. The van der Waals surface area contributed by atoms with Crippen molar-refractivity contribution in [3.8, 4) is 11.5 Å². The van der Waals surface area contributed by atoms with E-state index in [1.807, 2.05) is 0 Å². The molecule has 0 fully saturated rings. The van der Waals surface area contributed by atoms with Gasteiger partial charge in [0.1, 0.15) is 11.5 Å². The van der Waals surface area contributed by atoms with Crippen molar-refractivity contribution in [2.24, 2.45) is 0 Å². The van der Waals surface area contributed by atoms with Gasteiger partial charge in [0, 0.05) is 5.69 Å². The van der Waals surface area contributed by atoms with Gasteiger partial charge < -0.3 is 19.9 Å². The van der Waals surface area contributed by atoms with E-state index >= 15 is 0 Å². The molecule has 6 heteroatoms. The van der Waals surface area contributed by atoms with Crippen LogP contribution in [-0.2, 0) is 9.53 Å². The van der Waals surface area contributed by atoms with Crippen LogP contribution in [0.1, 0.15) is 36.5 Å². The summed E-state index contributed by atoms with van der Waals surface area (Å²) in [6.45, 7) is 2.38. The van der Waals surface area contributed by atoms with Crippen LogP contribution in [0.2, 0.25) is 0 Å². The molecule has 2 rings (SSSR count). The highest BCUT2D eigenvalue weighted by Gasteiger charge is 2.10. The van der Waals surface area contributed by atoms with Gasteiger partial charge >= 0.3 is 5.97 Å². The Kier molecular flexibility index (Phi) is 7.49. The Hall–Kier alpha value is -3.02. The van der Waals surface area contributed by atoms with Gasteiger partial charge in [-0.1, -0.05) is 19.8 Å². The predicted molar refractivity (Wildman–Crippen MR) is 98.5 cm³/mol. The summed E-state index contributed by atoms with van der Waals surface area (Å²) in [6, 6.07) is 12.6. The van der Waals surface area contributed by atoms with E-state index in [1.54, 1.807) is 36.4 Å². The van der Waals surface area contributed by atoms with Gasteiger partial charge in [-0.3, -0.25) is 4.79 Å². The maximum Gasteiger partial charge on any atom is 0.338 e. The average molecular weight is 357 g/mol. The molecule has 0 aliphatic heterocycles. The number of unbranched alkanes of at least 4 members (excludes halogenated alkanes) is 2. The predicted octanol–water partition coefficient (Wildman–Crippen LogP) is 3.76. The lowest BCUT2D eigenvalue weighted by Gasteiger charge is -2.08. The van der Waals surface area contributed by atoms with Crippen LogP contribution in [0.3, 0.4) is 0 Å². The number of carbonyl (C=O) groups is 2. The first kappa shape index (κ1) is 19.3. The van der Waals surface area contributed by atoms with E-state index in [1.165, 1.54) is 12.1 Å². The van der Waals surface area contributed by atoms with Crippen LogP contribution in [0.15, 0.2) is 48.5 Å². The number of esters is 1. The zero-order chi connectivity index (χ0) is 18.8. The summed E-state index contributed by atoms with van der Waals surface area (Å²) in [5, 5.41) is 11.8. The summed E-state index contributed by atoms with van der Waals surface area (Å²) in [4.78, 5) is 23.8. The van der Waals surface area contributed by atoms with Crippen molar-refractivity contribution in [3.63, 3.8) is 0 Å². The summed E-state index contributed by atoms with van der Waals surface area (Å²) in [5.74, 6) is -0.238. The van der Waals surface area contributed by atoms with Crippen LogP contribution in [0.4, 0.5) is 5.69 Å². The van der Waals surface area contributed by atoms with Gasteiger partial charge in [-0.05, 0) is 55.0 Å². The van der Waals surface area contributed by atoms with Crippen LogP contribution in [0, 0.1) is 0 Å². The lowest BCUT2D eigenvalue weighted by atomic mass is 10.2. The Morgan fingerprint density at radius 2 is 1.69 bits per heavy atom. The third kappa shape index (κ3) is 6.47. The van der Waals surface area contributed by atoms with Crippen LogP contribution in [-0.4, -0.2) is 30.2 Å².